The van der Waals surface area contributed by atoms with Crippen LogP contribution in [0.25, 0.3) is 10.8 Å². The molecule has 2 rings (SSSR count). The lowest BCUT2D eigenvalue weighted by atomic mass is 10.1. The minimum atomic E-state index is -0.605. The smallest absolute Gasteiger partial charge is 0.336 e. The van der Waals surface area contributed by atoms with Crippen molar-refractivity contribution in [2.24, 2.45) is 0 Å². The van der Waals surface area contributed by atoms with Gasteiger partial charge in [-0.2, -0.15) is 0 Å². The van der Waals surface area contributed by atoms with Gasteiger partial charge in [0.1, 0.15) is 5.75 Å². The predicted octanol–water partition coefficient (Wildman–Crippen LogP) is 4.03. The minimum Gasteiger partial charge on any atom is -0.463 e. The van der Waals surface area contributed by atoms with Gasteiger partial charge in [0.15, 0.2) is 0 Å². The average molecular weight is 312 g/mol. The number of ether oxygens (including phenoxy) is 2. The van der Waals surface area contributed by atoms with Crippen LogP contribution in [0.5, 0.6) is 5.75 Å². The number of carbonyl (C=O) groups excluding carboxylic acids is 2. The maximum Gasteiger partial charge on any atom is 0.336 e. The fraction of sp³-hybridized carbons (Fsp3) is 0.263. The van der Waals surface area contributed by atoms with Gasteiger partial charge in [0.05, 0.1) is 6.61 Å². The summed E-state index contributed by atoms with van der Waals surface area (Å²) in [6.07, 6.45) is 5.09. The van der Waals surface area contributed by atoms with Crippen LogP contribution in [0.3, 0.4) is 0 Å². The van der Waals surface area contributed by atoms with Crippen LogP contribution in [0, 0.1) is 0 Å². The lowest BCUT2D eigenvalue weighted by Crippen LogP contribution is -2.07. The van der Waals surface area contributed by atoms with Gasteiger partial charge < -0.3 is 9.47 Å². The van der Waals surface area contributed by atoms with Crippen molar-refractivity contribution >= 4 is 22.7 Å². The van der Waals surface area contributed by atoms with E-state index in [1.165, 1.54) is 0 Å². The third-order valence-corrected chi connectivity index (χ3v) is 3.31. The highest BCUT2D eigenvalue weighted by Gasteiger charge is 2.06. The van der Waals surface area contributed by atoms with Gasteiger partial charge in [-0.15, -0.1) is 0 Å². The summed E-state index contributed by atoms with van der Waals surface area (Å²) in [4.78, 5) is 23.3. The second-order valence-electron chi connectivity index (χ2n) is 5.11. The maximum absolute atomic E-state index is 11.8. The number of esters is 2. The molecule has 2 aromatic carbocycles. The van der Waals surface area contributed by atoms with Crippen molar-refractivity contribution in [2.45, 2.75) is 26.2 Å². The van der Waals surface area contributed by atoms with Crippen molar-refractivity contribution in [3.05, 3.63) is 54.6 Å². The number of fused-ring (bicyclic) bond motifs is 1. The van der Waals surface area contributed by atoms with Gasteiger partial charge in [-0.05, 0) is 17.9 Å². The number of carbonyl (C=O) groups is 2. The molecule has 0 radical (unpaired) electrons. The first-order chi connectivity index (χ1) is 11.2. The van der Waals surface area contributed by atoms with Crippen LogP contribution < -0.4 is 4.74 Å². The SMILES string of the molecule is CCCCCOC(=O)/C=C/C(=O)Oc1cccc2ccccc12. The van der Waals surface area contributed by atoms with Gasteiger partial charge in [-0.3, -0.25) is 0 Å². The molecule has 0 amide bonds. The second-order valence-corrected chi connectivity index (χ2v) is 5.11. The van der Waals surface area contributed by atoms with Gasteiger partial charge in [0, 0.05) is 17.5 Å². The van der Waals surface area contributed by atoms with Gasteiger partial charge in [-0.1, -0.05) is 56.2 Å². The van der Waals surface area contributed by atoms with Crippen LogP contribution in [0.2, 0.25) is 0 Å². The highest BCUT2D eigenvalue weighted by atomic mass is 16.5. The minimum absolute atomic E-state index is 0.370. The summed E-state index contributed by atoms with van der Waals surface area (Å²) in [7, 11) is 0. The molecule has 23 heavy (non-hydrogen) atoms. The van der Waals surface area contributed by atoms with Crippen LogP contribution in [-0.4, -0.2) is 18.5 Å². The number of benzene rings is 2. The lowest BCUT2D eigenvalue weighted by molar-refractivity contribution is -0.138. The molecule has 0 aliphatic carbocycles. The lowest BCUT2D eigenvalue weighted by Gasteiger charge is -2.05. The van der Waals surface area contributed by atoms with Gasteiger partial charge in [0.2, 0.25) is 0 Å². The van der Waals surface area contributed by atoms with Crippen molar-refractivity contribution in [3.8, 4) is 5.75 Å². The molecule has 4 heteroatoms. The zero-order chi connectivity index (χ0) is 16.5. The summed E-state index contributed by atoms with van der Waals surface area (Å²) in [5, 5.41) is 1.83. The third kappa shape index (κ3) is 5.25. The molecule has 120 valence electrons. The molecular weight excluding hydrogens is 292 g/mol. The third-order valence-electron chi connectivity index (χ3n) is 3.31. The van der Waals surface area contributed by atoms with Gasteiger partial charge in [0.25, 0.3) is 0 Å². The molecule has 0 unspecified atom stereocenters. The monoisotopic (exact) mass is 312 g/mol. The first kappa shape index (κ1) is 16.7. The molecule has 0 N–H and O–H groups in total. The molecule has 0 aliphatic heterocycles. The highest BCUT2D eigenvalue weighted by molar-refractivity contribution is 5.95. The Bertz CT molecular complexity index is 698. The van der Waals surface area contributed by atoms with Crippen LogP contribution in [0.4, 0.5) is 0 Å². The fourth-order valence-electron chi connectivity index (χ4n) is 2.14. The standard InChI is InChI=1S/C19H20O4/c1-2-3-6-14-22-18(20)12-13-19(21)23-17-11-7-9-15-8-4-5-10-16(15)17/h4-5,7-13H,2-3,6,14H2,1H3/b13-12+. The number of unbranched alkanes of at least 4 members (excludes halogenated alkanes) is 2. The molecule has 0 aromatic heterocycles. The molecule has 0 heterocycles. The van der Waals surface area contributed by atoms with Crippen molar-refractivity contribution < 1.29 is 19.1 Å². The van der Waals surface area contributed by atoms with E-state index in [9.17, 15) is 9.59 Å². The van der Waals surface area contributed by atoms with E-state index >= 15 is 0 Å². The Morgan fingerprint density at radius 3 is 2.52 bits per heavy atom. The molecular formula is C19H20O4. The first-order valence-electron chi connectivity index (χ1n) is 7.75. The zero-order valence-corrected chi connectivity index (χ0v) is 13.2. The van der Waals surface area contributed by atoms with E-state index in [4.69, 9.17) is 9.47 Å². The van der Waals surface area contributed by atoms with E-state index in [0.717, 1.165) is 42.2 Å². The second kappa shape index (κ2) is 8.73. The molecule has 0 saturated heterocycles. The molecule has 0 atom stereocenters. The predicted molar refractivity (Wildman–Crippen MR) is 89.2 cm³/mol. The molecule has 0 spiro atoms. The van der Waals surface area contributed by atoms with Crippen LogP contribution in [0.15, 0.2) is 54.6 Å². The summed E-state index contributed by atoms with van der Waals surface area (Å²) in [5.74, 6) is -0.670. The van der Waals surface area contributed by atoms with Crippen LogP contribution in [0.1, 0.15) is 26.2 Å². The molecule has 0 bridgehead atoms. The topological polar surface area (TPSA) is 52.6 Å². The quantitative estimate of drug-likeness (QED) is 0.335. The summed E-state index contributed by atoms with van der Waals surface area (Å²) in [6, 6.07) is 13.1. The normalized spacial score (nSPS) is 10.8. The van der Waals surface area contributed by atoms with Gasteiger partial charge >= 0.3 is 11.9 Å². The van der Waals surface area contributed by atoms with E-state index in [2.05, 4.69) is 6.92 Å². The summed E-state index contributed by atoms with van der Waals surface area (Å²) < 4.78 is 10.3. The average Bonchev–Trinajstić information content (AvgIpc) is 2.57. The Labute approximate surface area is 135 Å². The number of rotatable bonds is 7. The highest BCUT2D eigenvalue weighted by Crippen LogP contribution is 2.25. The fourth-order valence-corrected chi connectivity index (χ4v) is 2.14. The van der Waals surface area contributed by atoms with Crippen molar-refractivity contribution in [2.75, 3.05) is 6.61 Å². The molecule has 0 aliphatic rings. The molecule has 4 nitrogen and oxygen atoms in total. The first-order valence-corrected chi connectivity index (χ1v) is 7.75. The van der Waals surface area contributed by atoms with E-state index in [0.29, 0.717) is 12.4 Å². The summed E-state index contributed by atoms with van der Waals surface area (Å²) in [5.41, 5.74) is 0. The van der Waals surface area contributed by atoms with E-state index < -0.39 is 11.9 Å². The Hall–Kier alpha value is -2.62. The molecule has 2 aromatic rings. The van der Waals surface area contributed by atoms with Crippen molar-refractivity contribution in [1.82, 2.24) is 0 Å². The molecule has 0 fully saturated rings. The maximum atomic E-state index is 11.8. The largest absolute Gasteiger partial charge is 0.463 e. The Kier molecular flexibility index (Phi) is 6.36. The zero-order valence-electron chi connectivity index (χ0n) is 13.2. The Morgan fingerprint density at radius 2 is 1.70 bits per heavy atom. The van der Waals surface area contributed by atoms with E-state index in [1.807, 2.05) is 36.4 Å². The number of hydrogen-bond donors (Lipinski definition) is 0. The summed E-state index contributed by atoms with van der Waals surface area (Å²) in [6.45, 7) is 2.44. The van der Waals surface area contributed by atoms with Crippen molar-refractivity contribution in [3.63, 3.8) is 0 Å². The van der Waals surface area contributed by atoms with E-state index in [-0.39, 0.29) is 0 Å². The van der Waals surface area contributed by atoms with Crippen molar-refractivity contribution in [1.29, 1.82) is 0 Å². The van der Waals surface area contributed by atoms with Crippen LogP contribution >= 0.6 is 0 Å². The number of hydrogen-bond acceptors (Lipinski definition) is 4. The Balaban J connectivity index is 1.91. The van der Waals surface area contributed by atoms with Crippen LogP contribution in [-0.2, 0) is 14.3 Å². The Morgan fingerprint density at radius 1 is 0.957 bits per heavy atom. The molecule has 0 saturated carbocycles. The van der Waals surface area contributed by atoms with E-state index in [1.54, 1.807) is 6.07 Å². The van der Waals surface area contributed by atoms with Gasteiger partial charge in [-0.25, -0.2) is 9.59 Å². The summed E-state index contributed by atoms with van der Waals surface area (Å²) >= 11 is 0.